The van der Waals surface area contributed by atoms with Gasteiger partial charge in [0.25, 0.3) is 0 Å². The van der Waals surface area contributed by atoms with Gasteiger partial charge in [-0.05, 0) is 37.1 Å². The predicted molar refractivity (Wildman–Crippen MR) is 96.1 cm³/mol. The fraction of sp³-hybridized carbons (Fsp3) is 0.278. The second-order valence-electron chi connectivity index (χ2n) is 5.88. The first-order chi connectivity index (χ1) is 11.5. The van der Waals surface area contributed by atoms with E-state index < -0.39 is 0 Å². The number of amides is 1. The number of thioether (sulfide) groups is 1. The minimum atomic E-state index is 0.0765. The molecule has 3 rings (SSSR count). The number of fused-ring (bicyclic) bond motifs is 1. The highest BCUT2D eigenvalue weighted by Gasteiger charge is 2.13. The van der Waals surface area contributed by atoms with Crippen molar-refractivity contribution in [3.8, 4) is 0 Å². The van der Waals surface area contributed by atoms with E-state index in [-0.39, 0.29) is 5.91 Å². The zero-order valence-electron chi connectivity index (χ0n) is 14.1. The van der Waals surface area contributed by atoms with Crippen LogP contribution in [0, 0.1) is 13.8 Å². The van der Waals surface area contributed by atoms with Crippen molar-refractivity contribution in [3.63, 3.8) is 0 Å². The van der Waals surface area contributed by atoms with Crippen LogP contribution in [0.15, 0.2) is 47.8 Å². The lowest BCUT2D eigenvalue weighted by atomic mass is 10.1. The summed E-state index contributed by atoms with van der Waals surface area (Å²) < 4.78 is 1.89. The molecule has 0 spiro atoms. The molecule has 1 aromatic carbocycles. The third-order valence-electron chi connectivity index (χ3n) is 3.94. The van der Waals surface area contributed by atoms with Crippen LogP contribution in [0.5, 0.6) is 0 Å². The first kappa shape index (κ1) is 16.5. The fourth-order valence-corrected chi connectivity index (χ4v) is 3.39. The van der Waals surface area contributed by atoms with Gasteiger partial charge in [-0.25, -0.2) is 0 Å². The molecule has 6 heteroatoms. The molecule has 0 aliphatic carbocycles. The lowest BCUT2D eigenvalue weighted by Gasteiger charge is -2.18. The smallest absolute Gasteiger partial charge is 0.233 e. The molecule has 0 N–H and O–H groups in total. The van der Waals surface area contributed by atoms with Gasteiger partial charge in [0.15, 0.2) is 10.8 Å². The standard InChI is InChI=1S/C18H20N4OS/c1-13-7-8-15(14(2)10-13)11-21(3)17(23)12-24-18-20-19-16-6-4-5-9-22(16)18/h4-10H,11-12H2,1-3H3. The van der Waals surface area contributed by atoms with Crippen molar-refractivity contribution >= 4 is 23.3 Å². The lowest BCUT2D eigenvalue weighted by Crippen LogP contribution is -2.28. The Hall–Kier alpha value is -2.34. The zero-order valence-corrected chi connectivity index (χ0v) is 14.9. The van der Waals surface area contributed by atoms with Crippen LogP contribution >= 0.6 is 11.8 Å². The number of nitrogens with zero attached hydrogens (tertiary/aromatic N) is 4. The van der Waals surface area contributed by atoms with Gasteiger partial charge in [-0.1, -0.05) is 41.6 Å². The van der Waals surface area contributed by atoms with E-state index in [1.807, 2.05) is 35.8 Å². The van der Waals surface area contributed by atoms with E-state index in [2.05, 4.69) is 42.2 Å². The lowest BCUT2D eigenvalue weighted by molar-refractivity contribution is -0.127. The third kappa shape index (κ3) is 3.59. The largest absolute Gasteiger partial charge is 0.341 e. The van der Waals surface area contributed by atoms with Gasteiger partial charge in [0.1, 0.15) is 0 Å². The van der Waals surface area contributed by atoms with Crippen LogP contribution in [-0.2, 0) is 11.3 Å². The molecule has 0 atom stereocenters. The topological polar surface area (TPSA) is 50.5 Å². The van der Waals surface area contributed by atoms with E-state index in [9.17, 15) is 4.79 Å². The van der Waals surface area contributed by atoms with Crippen molar-refractivity contribution in [3.05, 3.63) is 59.3 Å². The van der Waals surface area contributed by atoms with E-state index in [1.165, 1.54) is 28.5 Å². The van der Waals surface area contributed by atoms with Crippen molar-refractivity contribution in [2.45, 2.75) is 25.5 Å². The molecule has 0 aliphatic heterocycles. The highest BCUT2D eigenvalue weighted by molar-refractivity contribution is 7.99. The summed E-state index contributed by atoms with van der Waals surface area (Å²) in [6, 6.07) is 12.1. The Kier molecular flexibility index (Phi) is 4.85. The van der Waals surface area contributed by atoms with Crippen LogP contribution in [-0.4, -0.2) is 38.2 Å². The molecule has 2 heterocycles. The second kappa shape index (κ2) is 7.05. The van der Waals surface area contributed by atoms with Gasteiger partial charge in [0.05, 0.1) is 5.75 Å². The zero-order chi connectivity index (χ0) is 17.1. The van der Waals surface area contributed by atoms with Gasteiger partial charge in [-0.2, -0.15) is 0 Å². The molecule has 0 saturated carbocycles. The maximum absolute atomic E-state index is 12.4. The molecule has 1 amide bonds. The molecule has 3 aromatic rings. The Balaban J connectivity index is 1.62. The summed E-state index contributed by atoms with van der Waals surface area (Å²) in [5.74, 6) is 0.421. The SMILES string of the molecule is Cc1ccc(CN(C)C(=O)CSc2nnc3ccccn23)c(C)c1. The summed E-state index contributed by atoms with van der Waals surface area (Å²) in [5.41, 5.74) is 4.41. The number of aryl methyl sites for hydroxylation is 2. The Morgan fingerprint density at radius 3 is 2.83 bits per heavy atom. The minimum Gasteiger partial charge on any atom is -0.341 e. The van der Waals surface area contributed by atoms with E-state index in [4.69, 9.17) is 0 Å². The number of carbonyl (C=O) groups is 1. The van der Waals surface area contributed by atoms with Crippen LogP contribution in [0.3, 0.4) is 0 Å². The first-order valence-electron chi connectivity index (χ1n) is 7.77. The molecule has 0 aliphatic rings. The normalized spacial score (nSPS) is 11.0. The Bertz CT molecular complexity index is 874. The van der Waals surface area contributed by atoms with Crippen LogP contribution in [0.1, 0.15) is 16.7 Å². The molecular weight excluding hydrogens is 320 g/mol. The van der Waals surface area contributed by atoms with Gasteiger partial charge in [0, 0.05) is 19.8 Å². The summed E-state index contributed by atoms with van der Waals surface area (Å²) in [6.45, 7) is 4.77. The molecular formula is C18H20N4OS. The molecule has 0 saturated heterocycles. The van der Waals surface area contributed by atoms with Gasteiger partial charge in [-0.15, -0.1) is 10.2 Å². The van der Waals surface area contributed by atoms with E-state index in [0.29, 0.717) is 12.3 Å². The molecule has 24 heavy (non-hydrogen) atoms. The van der Waals surface area contributed by atoms with E-state index >= 15 is 0 Å². The van der Waals surface area contributed by atoms with E-state index in [1.54, 1.807) is 4.90 Å². The van der Waals surface area contributed by atoms with Gasteiger partial charge in [0.2, 0.25) is 5.91 Å². The number of carbonyl (C=O) groups excluding carboxylic acids is 1. The average Bonchev–Trinajstić information content (AvgIpc) is 2.98. The van der Waals surface area contributed by atoms with Crippen LogP contribution in [0.25, 0.3) is 5.65 Å². The van der Waals surface area contributed by atoms with Gasteiger partial charge >= 0.3 is 0 Å². The first-order valence-corrected chi connectivity index (χ1v) is 8.76. The molecule has 0 fully saturated rings. The monoisotopic (exact) mass is 340 g/mol. The summed E-state index contributed by atoms with van der Waals surface area (Å²) in [4.78, 5) is 14.2. The minimum absolute atomic E-state index is 0.0765. The predicted octanol–water partition coefficient (Wildman–Crippen LogP) is 3.10. The van der Waals surface area contributed by atoms with Crippen molar-refractivity contribution in [2.75, 3.05) is 12.8 Å². The van der Waals surface area contributed by atoms with Gasteiger partial charge < -0.3 is 4.90 Å². The maximum Gasteiger partial charge on any atom is 0.233 e. The fourth-order valence-electron chi connectivity index (χ4n) is 2.52. The van der Waals surface area contributed by atoms with Crippen molar-refractivity contribution in [2.24, 2.45) is 0 Å². The molecule has 5 nitrogen and oxygen atoms in total. The Morgan fingerprint density at radius 2 is 2.04 bits per heavy atom. The number of aromatic nitrogens is 3. The molecule has 0 bridgehead atoms. The van der Waals surface area contributed by atoms with Crippen LogP contribution in [0.2, 0.25) is 0 Å². The molecule has 2 aromatic heterocycles. The second-order valence-corrected chi connectivity index (χ2v) is 6.82. The highest BCUT2D eigenvalue weighted by Crippen LogP contribution is 2.18. The number of benzene rings is 1. The summed E-state index contributed by atoms with van der Waals surface area (Å²) in [7, 11) is 1.84. The molecule has 0 radical (unpaired) electrons. The number of pyridine rings is 1. The van der Waals surface area contributed by atoms with Gasteiger partial charge in [-0.3, -0.25) is 9.20 Å². The van der Waals surface area contributed by atoms with E-state index in [0.717, 1.165) is 10.8 Å². The summed E-state index contributed by atoms with van der Waals surface area (Å²) in [6.07, 6.45) is 1.90. The number of hydrogen-bond donors (Lipinski definition) is 0. The molecule has 0 unspecified atom stereocenters. The van der Waals surface area contributed by atoms with Crippen molar-refractivity contribution in [1.82, 2.24) is 19.5 Å². The Morgan fingerprint density at radius 1 is 1.21 bits per heavy atom. The quantitative estimate of drug-likeness (QED) is 0.670. The average molecular weight is 340 g/mol. The number of hydrogen-bond acceptors (Lipinski definition) is 4. The molecule has 124 valence electrons. The number of rotatable bonds is 5. The van der Waals surface area contributed by atoms with Crippen molar-refractivity contribution in [1.29, 1.82) is 0 Å². The van der Waals surface area contributed by atoms with Crippen LogP contribution in [0.4, 0.5) is 0 Å². The van der Waals surface area contributed by atoms with Crippen molar-refractivity contribution < 1.29 is 4.79 Å². The summed E-state index contributed by atoms with van der Waals surface area (Å²) >= 11 is 1.41. The van der Waals surface area contributed by atoms with Crippen LogP contribution < -0.4 is 0 Å². The highest BCUT2D eigenvalue weighted by atomic mass is 32.2. The Labute approximate surface area is 145 Å². The summed E-state index contributed by atoms with van der Waals surface area (Å²) in [5, 5.41) is 8.97. The maximum atomic E-state index is 12.4. The third-order valence-corrected chi connectivity index (χ3v) is 4.87.